The van der Waals surface area contributed by atoms with Gasteiger partial charge in [-0.3, -0.25) is 4.40 Å². The molecule has 1 saturated carbocycles. The van der Waals surface area contributed by atoms with Gasteiger partial charge in [-0.1, -0.05) is 17.8 Å². The monoisotopic (exact) mass is 264 g/mol. The van der Waals surface area contributed by atoms with E-state index in [2.05, 4.69) is 10.2 Å². The summed E-state index contributed by atoms with van der Waals surface area (Å²) < 4.78 is 1.92. The van der Waals surface area contributed by atoms with Crippen LogP contribution in [-0.2, 0) is 0 Å². The summed E-state index contributed by atoms with van der Waals surface area (Å²) >= 11 is 1.52. The Labute approximate surface area is 109 Å². The molecule has 3 N–H and O–H groups in total. The zero-order valence-corrected chi connectivity index (χ0v) is 10.8. The van der Waals surface area contributed by atoms with E-state index in [0.29, 0.717) is 5.92 Å². The lowest BCUT2D eigenvalue weighted by Crippen LogP contribution is -2.37. The summed E-state index contributed by atoms with van der Waals surface area (Å²) in [5.41, 5.74) is 6.97. The molecular weight excluding hydrogens is 248 g/mol. The average Bonchev–Trinajstić information content (AvgIpc) is 3.17. The topological polar surface area (TPSA) is 76.4 Å². The molecule has 0 bridgehead atoms. The van der Waals surface area contributed by atoms with E-state index in [-0.39, 0.29) is 17.9 Å². The minimum atomic E-state index is -0.00916. The number of rotatable bonds is 5. The summed E-state index contributed by atoms with van der Waals surface area (Å²) in [4.78, 5) is 0. The summed E-state index contributed by atoms with van der Waals surface area (Å²) in [6.07, 6.45) is 4.28. The third-order valence-corrected chi connectivity index (χ3v) is 4.57. The Balaban J connectivity index is 1.81. The quantitative estimate of drug-likeness (QED) is 0.785. The second-order valence-electron chi connectivity index (χ2n) is 4.67. The van der Waals surface area contributed by atoms with Gasteiger partial charge in [0.05, 0.1) is 11.9 Å². The van der Waals surface area contributed by atoms with Crippen molar-refractivity contribution in [1.82, 2.24) is 14.6 Å². The molecule has 2 heterocycles. The Hall–Kier alpha value is -1.11. The van der Waals surface area contributed by atoms with E-state index >= 15 is 0 Å². The largest absolute Gasteiger partial charge is 0.395 e. The SMILES string of the molecule is NC(C1CC1)C(CO)Sc1nnc2ccccn12. The lowest BCUT2D eigenvalue weighted by Gasteiger charge is -2.19. The van der Waals surface area contributed by atoms with Crippen LogP contribution in [0.3, 0.4) is 0 Å². The number of aliphatic hydroxyl groups excluding tert-OH is 1. The van der Waals surface area contributed by atoms with E-state index in [0.717, 1.165) is 10.8 Å². The molecule has 2 atom stereocenters. The van der Waals surface area contributed by atoms with Crippen LogP contribution < -0.4 is 5.73 Å². The molecule has 0 spiro atoms. The molecule has 0 aromatic carbocycles. The first kappa shape index (κ1) is 12.0. The van der Waals surface area contributed by atoms with Crippen molar-refractivity contribution in [2.45, 2.75) is 29.3 Å². The predicted octanol–water partition coefficient (Wildman–Crippen LogP) is 0.920. The molecule has 0 aliphatic heterocycles. The minimum Gasteiger partial charge on any atom is -0.395 e. The fraction of sp³-hybridized carbons (Fsp3) is 0.500. The summed E-state index contributed by atoms with van der Waals surface area (Å²) in [6.45, 7) is 0.0735. The minimum absolute atomic E-state index is 0.00916. The molecule has 2 aromatic heterocycles. The highest BCUT2D eigenvalue weighted by molar-refractivity contribution is 7.99. The van der Waals surface area contributed by atoms with Gasteiger partial charge in [-0.2, -0.15) is 0 Å². The molecule has 5 nitrogen and oxygen atoms in total. The van der Waals surface area contributed by atoms with Gasteiger partial charge >= 0.3 is 0 Å². The van der Waals surface area contributed by atoms with Crippen molar-refractivity contribution in [2.24, 2.45) is 11.7 Å². The maximum absolute atomic E-state index is 9.49. The molecule has 0 saturated heterocycles. The second kappa shape index (κ2) is 4.87. The summed E-state index contributed by atoms with van der Waals surface area (Å²) in [5.74, 6) is 0.564. The van der Waals surface area contributed by atoms with Crippen molar-refractivity contribution in [3.63, 3.8) is 0 Å². The smallest absolute Gasteiger partial charge is 0.196 e. The number of aromatic nitrogens is 3. The van der Waals surface area contributed by atoms with Gasteiger partial charge in [-0.15, -0.1) is 10.2 Å². The average molecular weight is 264 g/mol. The molecule has 1 aliphatic carbocycles. The molecule has 0 radical (unpaired) electrons. The molecule has 0 amide bonds. The van der Waals surface area contributed by atoms with Gasteiger partial charge in [0, 0.05) is 12.2 Å². The Morgan fingerprint density at radius 1 is 1.44 bits per heavy atom. The molecule has 18 heavy (non-hydrogen) atoms. The highest BCUT2D eigenvalue weighted by Crippen LogP contribution is 2.37. The van der Waals surface area contributed by atoms with E-state index in [4.69, 9.17) is 5.73 Å². The van der Waals surface area contributed by atoms with Crippen LogP contribution in [0.1, 0.15) is 12.8 Å². The van der Waals surface area contributed by atoms with Crippen molar-refractivity contribution in [3.8, 4) is 0 Å². The van der Waals surface area contributed by atoms with Gasteiger partial charge in [-0.25, -0.2) is 0 Å². The number of pyridine rings is 1. The summed E-state index contributed by atoms with van der Waals surface area (Å²) in [6, 6.07) is 5.81. The zero-order chi connectivity index (χ0) is 12.5. The van der Waals surface area contributed by atoms with Gasteiger partial charge < -0.3 is 10.8 Å². The van der Waals surface area contributed by atoms with Crippen molar-refractivity contribution in [2.75, 3.05) is 6.61 Å². The van der Waals surface area contributed by atoms with Crippen LogP contribution in [0.4, 0.5) is 0 Å². The fourth-order valence-corrected chi connectivity index (χ4v) is 3.14. The Kier molecular flexibility index (Phi) is 3.23. The zero-order valence-electron chi connectivity index (χ0n) is 9.94. The summed E-state index contributed by atoms with van der Waals surface area (Å²) in [7, 11) is 0. The first-order valence-electron chi connectivity index (χ1n) is 6.12. The highest BCUT2D eigenvalue weighted by Gasteiger charge is 2.34. The third-order valence-electron chi connectivity index (χ3n) is 3.31. The molecule has 1 fully saturated rings. The van der Waals surface area contributed by atoms with E-state index in [9.17, 15) is 5.11 Å². The van der Waals surface area contributed by atoms with Crippen molar-refractivity contribution in [1.29, 1.82) is 0 Å². The number of nitrogens with two attached hydrogens (primary N) is 1. The van der Waals surface area contributed by atoms with E-state index < -0.39 is 0 Å². The predicted molar refractivity (Wildman–Crippen MR) is 70.4 cm³/mol. The first-order chi connectivity index (χ1) is 8.79. The van der Waals surface area contributed by atoms with Gasteiger partial charge in [0.15, 0.2) is 10.8 Å². The third kappa shape index (κ3) is 2.23. The van der Waals surface area contributed by atoms with E-state index in [1.165, 1.54) is 24.6 Å². The number of aliphatic hydroxyl groups is 1. The van der Waals surface area contributed by atoms with Gasteiger partial charge in [-0.05, 0) is 30.9 Å². The van der Waals surface area contributed by atoms with Crippen LogP contribution >= 0.6 is 11.8 Å². The van der Waals surface area contributed by atoms with E-state index in [1.807, 2.05) is 28.8 Å². The van der Waals surface area contributed by atoms with Gasteiger partial charge in [0.25, 0.3) is 0 Å². The van der Waals surface area contributed by atoms with Crippen molar-refractivity contribution >= 4 is 17.4 Å². The van der Waals surface area contributed by atoms with Crippen LogP contribution in [0.15, 0.2) is 29.6 Å². The number of hydrogen-bond donors (Lipinski definition) is 2. The van der Waals surface area contributed by atoms with Crippen LogP contribution in [0, 0.1) is 5.92 Å². The Bertz CT molecular complexity index is 540. The molecule has 96 valence electrons. The summed E-state index contributed by atoms with van der Waals surface area (Å²) in [5, 5.41) is 18.5. The maximum Gasteiger partial charge on any atom is 0.196 e. The maximum atomic E-state index is 9.49. The number of fused-ring (bicyclic) bond motifs is 1. The number of nitrogens with zero attached hydrogens (tertiary/aromatic N) is 3. The molecule has 1 aliphatic rings. The molecule has 2 aromatic rings. The fourth-order valence-electron chi connectivity index (χ4n) is 2.06. The first-order valence-corrected chi connectivity index (χ1v) is 7.00. The van der Waals surface area contributed by atoms with Gasteiger partial charge in [0.2, 0.25) is 0 Å². The molecule has 6 heteroatoms. The molecule has 2 unspecified atom stereocenters. The van der Waals surface area contributed by atoms with Gasteiger partial charge in [0.1, 0.15) is 0 Å². The number of thioether (sulfide) groups is 1. The molecular formula is C12H16N4OS. The number of hydrogen-bond acceptors (Lipinski definition) is 5. The second-order valence-corrected chi connectivity index (χ2v) is 5.87. The van der Waals surface area contributed by atoms with Crippen molar-refractivity contribution < 1.29 is 5.11 Å². The van der Waals surface area contributed by atoms with E-state index in [1.54, 1.807) is 0 Å². The Morgan fingerprint density at radius 2 is 2.28 bits per heavy atom. The standard InChI is InChI=1S/C12H16N4OS/c13-11(8-4-5-8)9(7-17)18-12-15-14-10-3-1-2-6-16(10)12/h1-3,6,8-9,11,17H,4-5,7,13H2. The highest BCUT2D eigenvalue weighted by atomic mass is 32.2. The van der Waals surface area contributed by atoms with Crippen LogP contribution in [0.2, 0.25) is 0 Å². The van der Waals surface area contributed by atoms with Crippen molar-refractivity contribution in [3.05, 3.63) is 24.4 Å². The van der Waals surface area contributed by atoms with Crippen LogP contribution in [-0.4, -0.2) is 37.6 Å². The van der Waals surface area contributed by atoms with Crippen LogP contribution in [0.25, 0.3) is 5.65 Å². The lowest BCUT2D eigenvalue weighted by molar-refractivity contribution is 0.277. The van der Waals surface area contributed by atoms with Crippen LogP contribution in [0.5, 0.6) is 0 Å². The lowest BCUT2D eigenvalue weighted by atomic mass is 10.1. The normalized spacial score (nSPS) is 19.0. The molecule has 3 rings (SSSR count). The Morgan fingerprint density at radius 3 is 3.00 bits per heavy atom.